The molecule has 2 aromatic carbocycles. The number of hydrogen-bond donors (Lipinski definition) is 2. The Kier molecular flexibility index (Phi) is 6.03. The van der Waals surface area contributed by atoms with E-state index in [9.17, 15) is 24.0 Å². The number of nitrogens with two attached hydrogens (primary N) is 1. The molecule has 4 aliphatic carbocycles. The Morgan fingerprint density at radius 3 is 2.15 bits per heavy atom. The lowest BCUT2D eigenvalue weighted by Gasteiger charge is -2.61. The summed E-state index contributed by atoms with van der Waals surface area (Å²) in [5.74, 6) is -0.340. The maximum atomic E-state index is 14.1. The lowest BCUT2D eigenvalue weighted by Crippen LogP contribution is -2.60. The van der Waals surface area contributed by atoms with Gasteiger partial charge in [0.25, 0.3) is 11.8 Å². The number of amides is 5. The van der Waals surface area contributed by atoms with Crippen molar-refractivity contribution in [2.75, 3.05) is 4.90 Å². The molecule has 2 heterocycles. The van der Waals surface area contributed by atoms with Crippen LogP contribution in [-0.2, 0) is 27.3 Å². The standard InChI is InChI=1S/C32H34N4O5/c33-26(37)13-18-4-6-19(7-5-18)17-35(32-14-20-10-21(15-32)12-22(11-20)16-32)24-3-1-2-23-28(24)31(41)36(30(23)40)25-8-9-27(38)34-29(25)39/h1-7,20-22,25H,8-17H2,(H2,33,37)(H,34,38,39). The fourth-order valence-corrected chi connectivity index (χ4v) is 8.77. The van der Waals surface area contributed by atoms with Crippen LogP contribution >= 0.6 is 0 Å². The third-order valence-corrected chi connectivity index (χ3v) is 10.1. The minimum absolute atomic E-state index is 0.0851. The van der Waals surface area contributed by atoms with E-state index in [0.29, 0.717) is 35.4 Å². The van der Waals surface area contributed by atoms with Crippen LogP contribution in [0.4, 0.5) is 5.69 Å². The number of imide groups is 2. The van der Waals surface area contributed by atoms with Crippen molar-refractivity contribution in [3.63, 3.8) is 0 Å². The van der Waals surface area contributed by atoms with Gasteiger partial charge in [-0.3, -0.25) is 34.2 Å². The van der Waals surface area contributed by atoms with Gasteiger partial charge in [0.1, 0.15) is 6.04 Å². The van der Waals surface area contributed by atoms with Crippen molar-refractivity contribution in [1.29, 1.82) is 0 Å². The average molecular weight is 555 g/mol. The molecule has 212 valence electrons. The first-order valence-electron chi connectivity index (χ1n) is 14.7. The molecule has 4 bridgehead atoms. The van der Waals surface area contributed by atoms with Gasteiger partial charge in [0.05, 0.1) is 23.2 Å². The van der Waals surface area contributed by atoms with Crippen molar-refractivity contribution in [3.05, 3.63) is 64.7 Å². The highest BCUT2D eigenvalue weighted by Crippen LogP contribution is 2.59. The Morgan fingerprint density at radius 1 is 0.902 bits per heavy atom. The fourth-order valence-electron chi connectivity index (χ4n) is 8.77. The van der Waals surface area contributed by atoms with Crippen LogP contribution in [0, 0.1) is 17.8 Å². The van der Waals surface area contributed by atoms with Crippen molar-refractivity contribution >= 4 is 35.2 Å². The van der Waals surface area contributed by atoms with E-state index in [-0.39, 0.29) is 30.7 Å². The summed E-state index contributed by atoms with van der Waals surface area (Å²) in [6.45, 7) is 0.555. The van der Waals surface area contributed by atoms with E-state index >= 15 is 0 Å². The van der Waals surface area contributed by atoms with Gasteiger partial charge in [-0.2, -0.15) is 0 Å². The van der Waals surface area contributed by atoms with E-state index < -0.39 is 29.7 Å². The molecule has 5 fully saturated rings. The van der Waals surface area contributed by atoms with E-state index in [2.05, 4.69) is 10.2 Å². The molecule has 1 saturated heterocycles. The number of carbonyl (C=O) groups excluding carboxylic acids is 5. The van der Waals surface area contributed by atoms with Gasteiger partial charge in [-0.05, 0) is 86.0 Å². The summed E-state index contributed by atoms with van der Waals surface area (Å²) >= 11 is 0. The van der Waals surface area contributed by atoms with Crippen molar-refractivity contribution in [1.82, 2.24) is 10.2 Å². The molecule has 1 unspecified atom stereocenters. The van der Waals surface area contributed by atoms with E-state index in [1.165, 1.54) is 19.3 Å². The zero-order chi connectivity index (χ0) is 28.5. The SMILES string of the molecule is NC(=O)Cc1ccc(CN(c2cccc3c2C(=O)N(C2CCC(=O)NC2=O)C3=O)C23CC4CC(CC(C4)C2)C3)cc1. The Morgan fingerprint density at radius 2 is 1.54 bits per heavy atom. The number of anilines is 1. The van der Waals surface area contributed by atoms with Gasteiger partial charge in [-0.1, -0.05) is 30.3 Å². The zero-order valence-electron chi connectivity index (χ0n) is 22.9. The number of fused-ring (bicyclic) bond motifs is 1. The van der Waals surface area contributed by atoms with Crippen LogP contribution in [0.1, 0.15) is 83.2 Å². The molecular weight excluding hydrogens is 520 g/mol. The van der Waals surface area contributed by atoms with E-state index in [4.69, 9.17) is 5.73 Å². The fraction of sp³-hybridized carbons (Fsp3) is 0.469. The third kappa shape index (κ3) is 4.33. The Hall–Kier alpha value is -4.01. The minimum Gasteiger partial charge on any atom is -0.369 e. The maximum absolute atomic E-state index is 14.1. The van der Waals surface area contributed by atoms with Gasteiger partial charge in [-0.15, -0.1) is 0 Å². The summed E-state index contributed by atoms with van der Waals surface area (Å²) in [7, 11) is 0. The van der Waals surface area contributed by atoms with Gasteiger partial charge in [0.2, 0.25) is 17.7 Å². The first kappa shape index (κ1) is 25.9. The molecule has 5 amide bonds. The first-order valence-corrected chi connectivity index (χ1v) is 14.7. The number of hydrogen-bond acceptors (Lipinski definition) is 6. The molecule has 2 aliphatic heterocycles. The Bertz CT molecular complexity index is 1450. The van der Waals surface area contributed by atoms with Crippen LogP contribution in [0.5, 0.6) is 0 Å². The normalized spacial score (nSPS) is 30.0. The lowest BCUT2D eigenvalue weighted by atomic mass is 9.52. The quantitative estimate of drug-likeness (QED) is 0.506. The smallest absolute Gasteiger partial charge is 0.264 e. The highest BCUT2D eigenvalue weighted by Gasteiger charge is 2.55. The molecule has 9 nitrogen and oxygen atoms in total. The van der Waals surface area contributed by atoms with Gasteiger partial charge in [0, 0.05) is 18.5 Å². The second-order valence-electron chi connectivity index (χ2n) is 12.8. The summed E-state index contributed by atoms with van der Waals surface area (Å²) in [5.41, 5.74) is 8.56. The molecule has 2 aromatic rings. The second kappa shape index (κ2) is 9.53. The van der Waals surface area contributed by atoms with E-state index in [1.807, 2.05) is 36.4 Å². The van der Waals surface area contributed by atoms with E-state index in [1.54, 1.807) is 6.07 Å². The van der Waals surface area contributed by atoms with Crippen LogP contribution in [-0.4, -0.2) is 46.0 Å². The second-order valence-corrected chi connectivity index (χ2v) is 12.8. The first-order chi connectivity index (χ1) is 19.7. The summed E-state index contributed by atoms with van der Waals surface area (Å²) in [6, 6.07) is 12.3. The number of piperidine rings is 1. The summed E-state index contributed by atoms with van der Waals surface area (Å²) in [6.07, 6.45) is 7.36. The molecule has 9 heteroatoms. The summed E-state index contributed by atoms with van der Waals surface area (Å²) in [5, 5.41) is 2.29. The number of nitrogens with one attached hydrogen (secondary N) is 1. The van der Waals surface area contributed by atoms with Crippen LogP contribution in [0.25, 0.3) is 0 Å². The number of primary amides is 1. The summed E-state index contributed by atoms with van der Waals surface area (Å²) < 4.78 is 0. The van der Waals surface area contributed by atoms with Gasteiger partial charge < -0.3 is 10.6 Å². The maximum Gasteiger partial charge on any atom is 0.264 e. The predicted octanol–water partition coefficient (Wildman–Crippen LogP) is 3.09. The lowest BCUT2D eigenvalue weighted by molar-refractivity contribution is -0.136. The Balaban J connectivity index is 1.29. The van der Waals surface area contributed by atoms with Crippen molar-refractivity contribution < 1.29 is 24.0 Å². The Labute approximate surface area is 238 Å². The molecule has 0 spiro atoms. The van der Waals surface area contributed by atoms with Gasteiger partial charge in [0.15, 0.2) is 0 Å². The number of benzene rings is 2. The predicted molar refractivity (Wildman–Crippen MR) is 150 cm³/mol. The molecular formula is C32H34N4O5. The highest BCUT2D eigenvalue weighted by atomic mass is 16.2. The molecule has 8 rings (SSSR count). The van der Waals surface area contributed by atoms with Crippen LogP contribution < -0.4 is 16.0 Å². The molecule has 0 radical (unpaired) electrons. The monoisotopic (exact) mass is 554 g/mol. The minimum atomic E-state index is -1.00. The molecule has 6 aliphatic rings. The van der Waals surface area contributed by atoms with Crippen LogP contribution in [0.15, 0.2) is 42.5 Å². The average Bonchev–Trinajstić information content (AvgIpc) is 3.17. The molecule has 3 N–H and O–H groups in total. The van der Waals surface area contributed by atoms with Gasteiger partial charge >= 0.3 is 0 Å². The topological polar surface area (TPSA) is 130 Å². The molecule has 1 atom stereocenters. The highest BCUT2D eigenvalue weighted by molar-refractivity contribution is 6.25. The van der Waals surface area contributed by atoms with Crippen LogP contribution in [0.2, 0.25) is 0 Å². The molecule has 0 aromatic heterocycles. The van der Waals surface area contributed by atoms with Crippen molar-refractivity contribution in [3.8, 4) is 0 Å². The van der Waals surface area contributed by atoms with Crippen molar-refractivity contribution in [2.24, 2.45) is 23.5 Å². The number of carbonyl (C=O) groups is 5. The van der Waals surface area contributed by atoms with Gasteiger partial charge in [-0.25, -0.2) is 0 Å². The van der Waals surface area contributed by atoms with Crippen molar-refractivity contribution in [2.45, 2.75) is 75.9 Å². The van der Waals surface area contributed by atoms with E-state index in [0.717, 1.165) is 41.0 Å². The van der Waals surface area contributed by atoms with Crippen LogP contribution in [0.3, 0.4) is 0 Å². The zero-order valence-corrected chi connectivity index (χ0v) is 22.9. The molecule has 41 heavy (non-hydrogen) atoms. The number of nitrogens with zero attached hydrogens (tertiary/aromatic N) is 2. The number of rotatable bonds is 7. The third-order valence-electron chi connectivity index (χ3n) is 10.1. The largest absolute Gasteiger partial charge is 0.369 e. The summed E-state index contributed by atoms with van der Waals surface area (Å²) in [4.78, 5) is 67.0. The molecule has 4 saturated carbocycles.